The van der Waals surface area contributed by atoms with E-state index in [2.05, 4.69) is 21.2 Å². The second kappa shape index (κ2) is 11.3. The summed E-state index contributed by atoms with van der Waals surface area (Å²) in [6.07, 6.45) is -0.865. The normalized spacial score (nSPS) is 11.4. The van der Waals surface area contributed by atoms with Crippen molar-refractivity contribution < 1.29 is 23.5 Å². The number of carbonyl (C=O) groups is 2. The molecular formula is C24H21BrFNO4. The van der Waals surface area contributed by atoms with E-state index in [1.165, 1.54) is 6.07 Å². The second-order valence-electron chi connectivity index (χ2n) is 6.79. The van der Waals surface area contributed by atoms with Gasteiger partial charge in [0, 0.05) is 10.9 Å². The van der Waals surface area contributed by atoms with Gasteiger partial charge in [-0.15, -0.1) is 0 Å². The molecule has 0 aliphatic heterocycles. The quantitative estimate of drug-likeness (QED) is 0.447. The topological polar surface area (TPSA) is 64.6 Å². The van der Waals surface area contributed by atoms with E-state index in [1.807, 2.05) is 60.7 Å². The van der Waals surface area contributed by atoms with E-state index in [-0.39, 0.29) is 25.2 Å². The van der Waals surface area contributed by atoms with Gasteiger partial charge >= 0.3 is 12.1 Å². The number of halogens is 2. The van der Waals surface area contributed by atoms with Gasteiger partial charge in [0.25, 0.3) is 0 Å². The highest BCUT2D eigenvalue weighted by atomic mass is 79.9. The van der Waals surface area contributed by atoms with Crippen LogP contribution in [0.25, 0.3) is 0 Å². The molecule has 0 fully saturated rings. The van der Waals surface area contributed by atoms with Crippen LogP contribution < -0.4 is 5.32 Å². The number of rotatable bonds is 8. The van der Waals surface area contributed by atoms with Gasteiger partial charge in [-0.25, -0.2) is 14.0 Å². The Balaban J connectivity index is 1.66. The summed E-state index contributed by atoms with van der Waals surface area (Å²) < 4.78 is 25.4. The zero-order valence-electron chi connectivity index (χ0n) is 16.6. The van der Waals surface area contributed by atoms with Gasteiger partial charge in [0.1, 0.15) is 25.1 Å². The SMILES string of the molecule is O=C(NC(Cc1ccc(Br)cc1F)C(=O)OCc1ccccc1)OCc1ccccc1. The molecule has 3 rings (SSSR count). The molecular weight excluding hydrogens is 465 g/mol. The van der Waals surface area contributed by atoms with Crippen LogP contribution in [0.5, 0.6) is 0 Å². The van der Waals surface area contributed by atoms with Gasteiger partial charge in [0.2, 0.25) is 0 Å². The van der Waals surface area contributed by atoms with E-state index in [1.54, 1.807) is 12.1 Å². The molecule has 5 nitrogen and oxygen atoms in total. The predicted molar refractivity (Wildman–Crippen MR) is 118 cm³/mol. The van der Waals surface area contributed by atoms with Crippen molar-refractivity contribution in [2.75, 3.05) is 0 Å². The number of carbonyl (C=O) groups excluding carboxylic acids is 2. The summed E-state index contributed by atoms with van der Waals surface area (Å²) in [5.41, 5.74) is 1.88. The number of esters is 1. The molecule has 0 saturated carbocycles. The van der Waals surface area contributed by atoms with Crippen LogP contribution in [-0.4, -0.2) is 18.1 Å². The lowest BCUT2D eigenvalue weighted by atomic mass is 10.1. The monoisotopic (exact) mass is 485 g/mol. The van der Waals surface area contributed by atoms with Gasteiger partial charge in [0.15, 0.2) is 0 Å². The van der Waals surface area contributed by atoms with Crippen molar-refractivity contribution in [3.63, 3.8) is 0 Å². The fraction of sp³-hybridized carbons (Fsp3) is 0.167. The Hall–Kier alpha value is -3.19. The standard InChI is InChI=1S/C24H21BrFNO4/c25-20-12-11-19(21(26)14-20)13-22(23(28)30-15-17-7-3-1-4-8-17)27-24(29)31-16-18-9-5-2-6-10-18/h1-12,14,22H,13,15-16H2,(H,27,29). The van der Waals surface area contributed by atoms with Crippen molar-refractivity contribution in [1.29, 1.82) is 0 Å². The van der Waals surface area contributed by atoms with E-state index in [0.717, 1.165) is 11.1 Å². The first-order chi connectivity index (χ1) is 15.0. The molecule has 0 radical (unpaired) electrons. The van der Waals surface area contributed by atoms with E-state index in [4.69, 9.17) is 9.47 Å². The van der Waals surface area contributed by atoms with Gasteiger partial charge < -0.3 is 14.8 Å². The second-order valence-corrected chi connectivity index (χ2v) is 7.71. The first-order valence-electron chi connectivity index (χ1n) is 9.63. The first-order valence-corrected chi connectivity index (χ1v) is 10.4. The molecule has 0 saturated heterocycles. The summed E-state index contributed by atoms with van der Waals surface area (Å²) in [4.78, 5) is 25.0. The third-order valence-corrected chi connectivity index (χ3v) is 4.95. The minimum Gasteiger partial charge on any atom is -0.459 e. The van der Waals surface area contributed by atoms with Crippen LogP contribution in [0.1, 0.15) is 16.7 Å². The Kier molecular flexibility index (Phi) is 8.18. The largest absolute Gasteiger partial charge is 0.459 e. The zero-order chi connectivity index (χ0) is 22.1. The average Bonchev–Trinajstić information content (AvgIpc) is 2.78. The van der Waals surface area contributed by atoms with Crippen molar-refractivity contribution in [3.05, 3.63) is 106 Å². The molecule has 1 amide bonds. The highest BCUT2D eigenvalue weighted by Crippen LogP contribution is 2.17. The Morgan fingerprint density at radius 2 is 1.45 bits per heavy atom. The molecule has 0 bridgehead atoms. The molecule has 31 heavy (non-hydrogen) atoms. The number of nitrogens with one attached hydrogen (secondary N) is 1. The van der Waals surface area contributed by atoms with E-state index in [0.29, 0.717) is 4.47 Å². The Morgan fingerprint density at radius 3 is 2.03 bits per heavy atom. The Morgan fingerprint density at radius 1 is 0.871 bits per heavy atom. The highest BCUT2D eigenvalue weighted by Gasteiger charge is 2.25. The van der Waals surface area contributed by atoms with Crippen molar-refractivity contribution >= 4 is 28.0 Å². The summed E-state index contributed by atoms with van der Waals surface area (Å²) in [6, 6.07) is 21.7. The van der Waals surface area contributed by atoms with Gasteiger partial charge in [0.05, 0.1) is 0 Å². The van der Waals surface area contributed by atoms with Crippen molar-refractivity contribution in [3.8, 4) is 0 Å². The van der Waals surface area contributed by atoms with Crippen LogP contribution in [0, 0.1) is 5.82 Å². The molecule has 3 aromatic rings. The smallest absolute Gasteiger partial charge is 0.408 e. The summed E-state index contributed by atoms with van der Waals surface area (Å²) >= 11 is 3.20. The lowest BCUT2D eigenvalue weighted by Crippen LogP contribution is -2.43. The van der Waals surface area contributed by atoms with Gasteiger partial charge in [-0.2, -0.15) is 0 Å². The van der Waals surface area contributed by atoms with E-state index >= 15 is 0 Å². The molecule has 1 N–H and O–H groups in total. The highest BCUT2D eigenvalue weighted by molar-refractivity contribution is 9.10. The van der Waals surface area contributed by atoms with Gasteiger partial charge in [-0.05, 0) is 28.8 Å². The molecule has 1 unspecified atom stereocenters. The number of hydrogen-bond donors (Lipinski definition) is 1. The van der Waals surface area contributed by atoms with Crippen LogP contribution in [-0.2, 0) is 33.9 Å². The fourth-order valence-corrected chi connectivity index (χ4v) is 3.17. The van der Waals surface area contributed by atoms with Crippen LogP contribution in [0.4, 0.5) is 9.18 Å². The molecule has 160 valence electrons. The zero-order valence-corrected chi connectivity index (χ0v) is 18.2. The lowest BCUT2D eigenvalue weighted by Gasteiger charge is -2.18. The molecule has 0 aliphatic carbocycles. The molecule has 3 aromatic carbocycles. The molecule has 0 spiro atoms. The van der Waals surface area contributed by atoms with Crippen LogP contribution >= 0.6 is 15.9 Å². The maximum atomic E-state index is 14.3. The number of hydrogen-bond acceptors (Lipinski definition) is 4. The molecule has 0 aliphatic rings. The Labute approximate surface area is 188 Å². The van der Waals surface area contributed by atoms with Crippen LogP contribution in [0.15, 0.2) is 83.3 Å². The number of alkyl carbamates (subject to hydrolysis) is 1. The van der Waals surface area contributed by atoms with Crippen molar-refractivity contribution in [1.82, 2.24) is 5.32 Å². The van der Waals surface area contributed by atoms with Gasteiger partial charge in [-0.1, -0.05) is 82.7 Å². The summed E-state index contributed by atoms with van der Waals surface area (Å²) in [5.74, 6) is -1.17. The average molecular weight is 486 g/mol. The third kappa shape index (κ3) is 7.22. The fourth-order valence-electron chi connectivity index (χ4n) is 2.84. The van der Waals surface area contributed by atoms with Crippen LogP contribution in [0.3, 0.4) is 0 Å². The van der Waals surface area contributed by atoms with Crippen molar-refractivity contribution in [2.45, 2.75) is 25.7 Å². The number of ether oxygens (including phenoxy) is 2. The number of amides is 1. The molecule has 1 atom stereocenters. The summed E-state index contributed by atoms with van der Waals surface area (Å²) in [6.45, 7) is 0.0881. The minimum absolute atomic E-state index is 0.0414. The number of benzene rings is 3. The van der Waals surface area contributed by atoms with Crippen LogP contribution in [0.2, 0.25) is 0 Å². The van der Waals surface area contributed by atoms with E-state index < -0.39 is 23.9 Å². The molecule has 0 heterocycles. The van der Waals surface area contributed by atoms with E-state index in [9.17, 15) is 14.0 Å². The van der Waals surface area contributed by atoms with Gasteiger partial charge in [-0.3, -0.25) is 0 Å². The molecule has 7 heteroatoms. The predicted octanol–water partition coefficient (Wildman–Crippen LogP) is 5.17. The molecule has 0 aromatic heterocycles. The first kappa shape index (κ1) is 22.5. The van der Waals surface area contributed by atoms with Crippen molar-refractivity contribution in [2.24, 2.45) is 0 Å². The maximum absolute atomic E-state index is 14.3. The summed E-state index contributed by atoms with van der Waals surface area (Å²) in [7, 11) is 0. The Bertz CT molecular complexity index is 1010. The lowest BCUT2D eigenvalue weighted by molar-refractivity contribution is -0.147. The maximum Gasteiger partial charge on any atom is 0.408 e. The summed E-state index contributed by atoms with van der Waals surface area (Å²) in [5, 5.41) is 2.50. The minimum atomic E-state index is -1.11. The third-order valence-electron chi connectivity index (χ3n) is 4.45.